The average Bonchev–Trinajstić information content (AvgIpc) is 2.79. The Morgan fingerprint density at radius 1 is 0.793 bits per heavy atom. The van der Waals surface area contributed by atoms with E-state index in [2.05, 4.69) is 25.0 Å². The Bertz CT molecular complexity index is 1000. The summed E-state index contributed by atoms with van der Waals surface area (Å²) >= 11 is 6.03. The zero-order valence-corrected chi connectivity index (χ0v) is 16.7. The van der Waals surface area contributed by atoms with E-state index in [-0.39, 0.29) is 0 Å². The molecule has 5 rings (SSSR count). The van der Waals surface area contributed by atoms with E-state index in [0.717, 1.165) is 54.3 Å². The van der Waals surface area contributed by atoms with Crippen molar-refractivity contribution in [2.75, 3.05) is 62.4 Å². The van der Waals surface area contributed by atoms with Gasteiger partial charge in [0.1, 0.15) is 5.52 Å². The molecule has 150 valence electrons. The third-order valence-electron chi connectivity index (χ3n) is 5.20. The van der Waals surface area contributed by atoms with Gasteiger partial charge in [0.25, 0.3) is 0 Å². The smallest absolute Gasteiger partial charge is 0.178 e. The van der Waals surface area contributed by atoms with Gasteiger partial charge in [0.2, 0.25) is 0 Å². The molecule has 1 aromatic carbocycles. The summed E-state index contributed by atoms with van der Waals surface area (Å²) in [6.07, 6.45) is 1.86. The number of rotatable bonds is 3. The van der Waals surface area contributed by atoms with Crippen LogP contribution in [-0.4, -0.2) is 72.8 Å². The van der Waals surface area contributed by atoms with Crippen LogP contribution in [0.3, 0.4) is 0 Å². The molecule has 0 spiro atoms. The summed E-state index contributed by atoms with van der Waals surface area (Å²) in [7, 11) is 0. The summed E-state index contributed by atoms with van der Waals surface area (Å²) in [6, 6.07) is 7.54. The molecule has 0 N–H and O–H groups in total. The molecule has 8 nitrogen and oxygen atoms in total. The van der Waals surface area contributed by atoms with Crippen LogP contribution in [0.15, 0.2) is 30.5 Å². The fraction of sp³-hybridized carbons (Fsp3) is 0.400. The first-order valence-electron chi connectivity index (χ1n) is 9.74. The molecule has 0 amide bonds. The Balaban J connectivity index is 1.64. The highest BCUT2D eigenvalue weighted by atomic mass is 35.5. The fourth-order valence-corrected chi connectivity index (χ4v) is 3.77. The number of ether oxygens (including phenoxy) is 2. The number of morpholine rings is 2. The maximum absolute atomic E-state index is 6.03. The normalized spacial score (nSPS) is 17.7. The van der Waals surface area contributed by atoms with Crippen molar-refractivity contribution < 1.29 is 9.47 Å². The van der Waals surface area contributed by atoms with Crippen molar-refractivity contribution in [1.29, 1.82) is 0 Å². The molecule has 0 saturated carbocycles. The van der Waals surface area contributed by atoms with Crippen LogP contribution in [0, 0.1) is 0 Å². The molecule has 4 heterocycles. The molecule has 0 atom stereocenters. The van der Waals surface area contributed by atoms with Gasteiger partial charge in [0.05, 0.1) is 31.8 Å². The second-order valence-electron chi connectivity index (χ2n) is 7.01. The van der Waals surface area contributed by atoms with E-state index in [1.807, 2.05) is 30.5 Å². The maximum atomic E-state index is 6.03. The quantitative estimate of drug-likeness (QED) is 0.649. The lowest BCUT2D eigenvalue weighted by atomic mass is 10.2. The molecule has 0 aliphatic carbocycles. The topological polar surface area (TPSA) is 76.5 Å². The van der Waals surface area contributed by atoms with Crippen LogP contribution in [0.4, 0.5) is 11.6 Å². The molecule has 29 heavy (non-hydrogen) atoms. The standard InChI is InChI=1S/C20H21ClN6O2/c21-15-3-1-14(2-4-15)18-22-13-16-17(23-18)20(27-7-11-29-12-8-27)25-24-19(16)26-5-9-28-10-6-26/h1-4,13H,5-12H2. The molecule has 3 aromatic rings. The van der Waals surface area contributed by atoms with Gasteiger partial charge in [0, 0.05) is 43.0 Å². The monoisotopic (exact) mass is 412 g/mol. The predicted molar refractivity (Wildman–Crippen MR) is 112 cm³/mol. The molecular formula is C20H21ClN6O2. The summed E-state index contributed by atoms with van der Waals surface area (Å²) in [6.45, 7) is 5.78. The van der Waals surface area contributed by atoms with Crippen LogP contribution in [0.1, 0.15) is 0 Å². The molecule has 2 saturated heterocycles. The van der Waals surface area contributed by atoms with Gasteiger partial charge < -0.3 is 19.3 Å². The zero-order valence-electron chi connectivity index (χ0n) is 15.9. The number of fused-ring (bicyclic) bond motifs is 1. The second-order valence-corrected chi connectivity index (χ2v) is 7.45. The molecule has 0 radical (unpaired) electrons. The van der Waals surface area contributed by atoms with Crippen LogP contribution in [0.25, 0.3) is 22.3 Å². The highest BCUT2D eigenvalue weighted by molar-refractivity contribution is 6.30. The number of aromatic nitrogens is 4. The van der Waals surface area contributed by atoms with Gasteiger partial charge in [-0.1, -0.05) is 11.6 Å². The minimum atomic E-state index is 0.643. The van der Waals surface area contributed by atoms with Gasteiger partial charge in [-0.25, -0.2) is 9.97 Å². The first kappa shape index (κ1) is 18.5. The Morgan fingerprint density at radius 3 is 2.03 bits per heavy atom. The molecule has 2 aliphatic heterocycles. The van der Waals surface area contributed by atoms with Crippen LogP contribution >= 0.6 is 11.6 Å². The summed E-state index contributed by atoms with van der Waals surface area (Å²) in [4.78, 5) is 13.9. The molecule has 0 unspecified atom stereocenters. The zero-order chi connectivity index (χ0) is 19.6. The Labute approximate surface area is 173 Å². The Kier molecular flexibility index (Phi) is 5.13. The molecule has 2 aliphatic rings. The van der Waals surface area contributed by atoms with Crippen LogP contribution in [0.5, 0.6) is 0 Å². The first-order chi connectivity index (χ1) is 14.3. The van der Waals surface area contributed by atoms with Gasteiger partial charge >= 0.3 is 0 Å². The first-order valence-corrected chi connectivity index (χ1v) is 10.1. The number of nitrogens with zero attached hydrogens (tertiary/aromatic N) is 6. The Morgan fingerprint density at radius 2 is 1.38 bits per heavy atom. The average molecular weight is 413 g/mol. The maximum Gasteiger partial charge on any atom is 0.178 e. The largest absolute Gasteiger partial charge is 0.378 e. The van der Waals surface area contributed by atoms with E-state index in [0.29, 0.717) is 37.3 Å². The van der Waals surface area contributed by atoms with Crippen LogP contribution in [-0.2, 0) is 9.47 Å². The van der Waals surface area contributed by atoms with Crippen molar-refractivity contribution in [2.45, 2.75) is 0 Å². The van der Waals surface area contributed by atoms with Gasteiger partial charge in [-0.05, 0) is 24.3 Å². The number of benzene rings is 1. The summed E-state index contributed by atoms with van der Waals surface area (Å²) < 4.78 is 11.0. The minimum absolute atomic E-state index is 0.643. The molecule has 2 fully saturated rings. The minimum Gasteiger partial charge on any atom is -0.378 e. The lowest BCUT2D eigenvalue weighted by Gasteiger charge is -2.30. The fourth-order valence-electron chi connectivity index (χ4n) is 3.65. The summed E-state index contributed by atoms with van der Waals surface area (Å²) in [5.74, 6) is 2.23. The summed E-state index contributed by atoms with van der Waals surface area (Å²) in [5.41, 5.74) is 1.72. The lowest BCUT2D eigenvalue weighted by molar-refractivity contribution is 0.122. The van der Waals surface area contributed by atoms with Crippen molar-refractivity contribution >= 4 is 34.1 Å². The van der Waals surface area contributed by atoms with Crippen molar-refractivity contribution in [3.63, 3.8) is 0 Å². The molecule has 2 aromatic heterocycles. The van der Waals surface area contributed by atoms with Crippen molar-refractivity contribution in [3.05, 3.63) is 35.5 Å². The van der Waals surface area contributed by atoms with E-state index >= 15 is 0 Å². The number of hydrogen-bond donors (Lipinski definition) is 0. The second kappa shape index (κ2) is 8.06. The van der Waals surface area contributed by atoms with Crippen molar-refractivity contribution in [2.24, 2.45) is 0 Å². The van der Waals surface area contributed by atoms with Gasteiger partial charge in [-0.15, -0.1) is 10.2 Å². The van der Waals surface area contributed by atoms with Crippen molar-refractivity contribution in [3.8, 4) is 11.4 Å². The van der Waals surface area contributed by atoms with Gasteiger partial charge in [-0.2, -0.15) is 0 Å². The molecule has 0 bridgehead atoms. The number of hydrogen-bond acceptors (Lipinski definition) is 8. The predicted octanol–water partition coefficient (Wildman–Crippen LogP) is 2.41. The molecular weight excluding hydrogens is 392 g/mol. The van der Waals surface area contributed by atoms with E-state index < -0.39 is 0 Å². The third kappa shape index (κ3) is 3.71. The van der Waals surface area contributed by atoms with E-state index in [1.165, 1.54) is 0 Å². The van der Waals surface area contributed by atoms with Crippen LogP contribution in [0.2, 0.25) is 5.02 Å². The number of anilines is 2. The van der Waals surface area contributed by atoms with Gasteiger partial charge in [0.15, 0.2) is 17.5 Å². The number of halogens is 1. The van der Waals surface area contributed by atoms with E-state index in [9.17, 15) is 0 Å². The van der Waals surface area contributed by atoms with Gasteiger partial charge in [-0.3, -0.25) is 0 Å². The SMILES string of the molecule is Clc1ccc(-c2ncc3c(N4CCOCC4)nnc(N4CCOCC4)c3n2)cc1. The van der Waals surface area contributed by atoms with Crippen LogP contribution < -0.4 is 9.80 Å². The summed E-state index contributed by atoms with van der Waals surface area (Å²) in [5, 5.41) is 10.7. The Hall–Kier alpha value is -2.55. The highest BCUT2D eigenvalue weighted by Crippen LogP contribution is 2.31. The third-order valence-corrected chi connectivity index (χ3v) is 5.46. The lowest BCUT2D eigenvalue weighted by Crippen LogP contribution is -2.38. The van der Waals surface area contributed by atoms with E-state index in [4.69, 9.17) is 26.1 Å². The highest BCUT2D eigenvalue weighted by Gasteiger charge is 2.23. The van der Waals surface area contributed by atoms with E-state index in [1.54, 1.807) is 0 Å². The van der Waals surface area contributed by atoms with Crippen molar-refractivity contribution in [1.82, 2.24) is 20.2 Å². The molecule has 9 heteroatoms.